The Labute approximate surface area is 124 Å². The van der Waals surface area contributed by atoms with E-state index in [1.54, 1.807) is 4.68 Å². The van der Waals surface area contributed by atoms with Crippen molar-refractivity contribution in [1.29, 1.82) is 5.26 Å². The van der Waals surface area contributed by atoms with Gasteiger partial charge in [0.2, 0.25) is 0 Å². The Morgan fingerprint density at radius 2 is 1.95 bits per heavy atom. The molecule has 2 fully saturated rings. The van der Waals surface area contributed by atoms with Crippen molar-refractivity contribution in [3.05, 3.63) is 5.56 Å². The molecular formula is C15H23N5O. The first kappa shape index (κ1) is 14.2. The molecule has 0 amide bonds. The van der Waals surface area contributed by atoms with E-state index in [4.69, 9.17) is 5.73 Å². The first-order valence-corrected chi connectivity index (χ1v) is 7.93. The number of hydrogen-bond acceptors (Lipinski definition) is 5. The largest absolute Gasteiger partial charge is 0.391 e. The summed E-state index contributed by atoms with van der Waals surface area (Å²) in [5.41, 5.74) is 6.54. The van der Waals surface area contributed by atoms with Crippen LogP contribution in [-0.2, 0) is 0 Å². The van der Waals surface area contributed by atoms with Gasteiger partial charge in [0.1, 0.15) is 17.5 Å². The van der Waals surface area contributed by atoms with Crippen molar-refractivity contribution in [1.82, 2.24) is 9.78 Å². The molecule has 21 heavy (non-hydrogen) atoms. The number of aliphatic hydroxyl groups excluding tert-OH is 1. The van der Waals surface area contributed by atoms with Gasteiger partial charge in [-0.3, -0.25) is 0 Å². The lowest BCUT2D eigenvalue weighted by atomic mass is 9.93. The molecule has 3 rings (SSSR count). The van der Waals surface area contributed by atoms with Gasteiger partial charge in [0.05, 0.1) is 12.1 Å². The lowest BCUT2D eigenvalue weighted by molar-refractivity contribution is 0.100. The monoisotopic (exact) mass is 289 g/mol. The molecule has 6 nitrogen and oxygen atoms in total. The fourth-order valence-corrected chi connectivity index (χ4v) is 3.21. The van der Waals surface area contributed by atoms with E-state index in [1.165, 1.54) is 6.42 Å². The number of anilines is 2. The average molecular weight is 289 g/mol. The molecule has 0 radical (unpaired) electrons. The Balaban J connectivity index is 1.88. The van der Waals surface area contributed by atoms with Crippen molar-refractivity contribution in [2.75, 3.05) is 11.1 Å². The lowest BCUT2D eigenvalue weighted by Crippen LogP contribution is -2.28. The van der Waals surface area contributed by atoms with Crippen LogP contribution in [0.4, 0.5) is 11.6 Å². The number of nitrogens with zero attached hydrogens (tertiary/aromatic N) is 3. The zero-order valence-corrected chi connectivity index (χ0v) is 12.3. The molecular weight excluding hydrogens is 266 g/mol. The van der Waals surface area contributed by atoms with Gasteiger partial charge in [-0.25, -0.2) is 4.68 Å². The van der Waals surface area contributed by atoms with Crippen molar-refractivity contribution in [3.8, 4) is 6.07 Å². The van der Waals surface area contributed by atoms with Gasteiger partial charge in [0.15, 0.2) is 5.82 Å². The average Bonchev–Trinajstić information content (AvgIpc) is 2.58. The first-order chi connectivity index (χ1) is 10.2. The maximum atomic E-state index is 10.3. The van der Waals surface area contributed by atoms with E-state index in [1.807, 2.05) is 0 Å². The zero-order valence-electron chi connectivity index (χ0n) is 12.3. The number of aromatic nitrogens is 2. The molecule has 0 aliphatic heterocycles. The summed E-state index contributed by atoms with van der Waals surface area (Å²) in [7, 11) is 0. The van der Waals surface area contributed by atoms with E-state index in [-0.39, 0.29) is 6.04 Å². The number of aliphatic hydroxyl groups is 1. The normalized spacial score (nSPS) is 26.7. The highest BCUT2D eigenvalue weighted by molar-refractivity contribution is 5.64. The van der Waals surface area contributed by atoms with Crippen LogP contribution in [0.25, 0.3) is 0 Å². The lowest BCUT2D eigenvalue weighted by Gasteiger charge is -2.26. The van der Waals surface area contributed by atoms with Gasteiger partial charge in [-0.2, -0.15) is 10.4 Å². The molecule has 1 heterocycles. The van der Waals surface area contributed by atoms with E-state index >= 15 is 0 Å². The standard InChI is InChI=1S/C15H23N5O/c16-9-11-14(17)20(12-7-2-1-3-8-13(12)21)19-15(11)18-10-5-4-6-10/h10,12-13,21H,1-8,17H2,(H,18,19). The Morgan fingerprint density at radius 1 is 1.19 bits per heavy atom. The fourth-order valence-electron chi connectivity index (χ4n) is 3.21. The second kappa shape index (κ2) is 5.94. The molecule has 6 heteroatoms. The molecule has 0 saturated heterocycles. The van der Waals surface area contributed by atoms with E-state index < -0.39 is 6.10 Å². The SMILES string of the molecule is N#Cc1c(NC2CCC2)nn(C2CCCCCC2O)c1N. The number of nitrogens with two attached hydrogens (primary N) is 1. The van der Waals surface area contributed by atoms with Gasteiger partial charge >= 0.3 is 0 Å². The minimum Gasteiger partial charge on any atom is -0.391 e. The van der Waals surface area contributed by atoms with Gasteiger partial charge < -0.3 is 16.2 Å². The number of nitrogens with one attached hydrogen (secondary N) is 1. The molecule has 2 atom stereocenters. The number of hydrogen-bond donors (Lipinski definition) is 3. The number of nitrogen functional groups attached to an aromatic ring is 1. The number of nitriles is 1. The fraction of sp³-hybridized carbons (Fsp3) is 0.733. The summed E-state index contributed by atoms with van der Waals surface area (Å²) < 4.78 is 1.68. The molecule has 2 saturated carbocycles. The second-order valence-electron chi connectivity index (χ2n) is 6.21. The summed E-state index contributed by atoms with van der Waals surface area (Å²) in [6.07, 6.45) is 7.89. The minimum absolute atomic E-state index is 0.114. The predicted octanol–water partition coefficient (Wildman–Crippen LogP) is 2.17. The molecule has 0 bridgehead atoms. The second-order valence-corrected chi connectivity index (χ2v) is 6.21. The third-order valence-corrected chi connectivity index (χ3v) is 4.76. The molecule has 114 valence electrons. The molecule has 2 aliphatic rings. The van der Waals surface area contributed by atoms with Gasteiger partial charge in [-0.05, 0) is 32.1 Å². The third-order valence-electron chi connectivity index (χ3n) is 4.76. The summed E-state index contributed by atoms with van der Waals surface area (Å²) in [5.74, 6) is 0.960. The third kappa shape index (κ3) is 2.70. The summed E-state index contributed by atoms with van der Waals surface area (Å²) in [5, 5.41) is 27.5. The van der Waals surface area contributed by atoms with Gasteiger partial charge in [-0.1, -0.05) is 19.3 Å². The van der Waals surface area contributed by atoms with Crippen LogP contribution in [0.15, 0.2) is 0 Å². The predicted molar refractivity (Wildman–Crippen MR) is 80.7 cm³/mol. The highest BCUT2D eigenvalue weighted by Crippen LogP contribution is 2.33. The molecule has 1 aromatic heterocycles. The van der Waals surface area contributed by atoms with Crippen molar-refractivity contribution in [2.24, 2.45) is 0 Å². The summed E-state index contributed by atoms with van der Waals surface area (Å²) in [6.45, 7) is 0. The highest BCUT2D eigenvalue weighted by Gasteiger charge is 2.29. The van der Waals surface area contributed by atoms with Crippen LogP contribution in [0, 0.1) is 11.3 Å². The van der Waals surface area contributed by atoms with Crippen molar-refractivity contribution in [2.45, 2.75) is 69.6 Å². The van der Waals surface area contributed by atoms with Gasteiger partial charge in [0.25, 0.3) is 0 Å². The van der Waals surface area contributed by atoms with E-state index in [0.29, 0.717) is 23.2 Å². The van der Waals surface area contributed by atoms with Crippen LogP contribution in [0.5, 0.6) is 0 Å². The Morgan fingerprint density at radius 3 is 2.62 bits per heavy atom. The van der Waals surface area contributed by atoms with Crippen LogP contribution < -0.4 is 11.1 Å². The molecule has 2 aliphatic carbocycles. The van der Waals surface area contributed by atoms with E-state index in [9.17, 15) is 10.4 Å². The van der Waals surface area contributed by atoms with E-state index in [2.05, 4.69) is 16.5 Å². The Kier molecular flexibility index (Phi) is 4.02. The topological polar surface area (TPSA) is 99.9 Å². The van der Waals surface area contributed by atoms with Crippen molar-refractivity contribution in [3.63, 3.8) is 0 Å². The zero-order chi connectivity index (χ0) is 14.8. The van der Waals surface area contributed by atoms with Crippen LogP contribution in [0.2, 0.25) is 0 Å². The molecule has 0 spiro atoms. The molecule has 0 aromatic carbocycles. The van der Waals surface area contributed by atoms with Crippen LogP contribution in [0.1, 0.15) is 63.0 Å². The van der Waals surface area contributed by atoms with E-state index in [0.717, 1.165) is 44.9 Å². The van der Waals surface area contributed by atoms with Gasteiger partial charge in [0, 0.05) is 6.04 Å². The Hall–Kier alpha value is -1.74. The Bertz CT molecular complexity index is 543. The highest BCUT2D eigenvalue weighted by atomic mass is 16.3. The van der Waals surface area contributed by atoms with Crippen LogP contribution >= 0.6 is 0 Å². The van der Waals surface area contributed by atoms with Crippen LogP contribution in [0.3, 0.4) is 0 Å². The van der Waals surface area contributed by atoms with Gasteiger partial charge in [-0.15, -0.1) is 0 Å². The maximum absolute atomic E-state index is 10.3. The van der Waals surface area contributed by atoms with Crippen molar-refractivity contribution >= 4 is 11.6 Å². The summed E-state index contributed by atoms with van der Waals surface area (Å²) >= 11 is 0. The molecule has 2 unspecified atom stereocenters. The maximum Gasteiger partial charge on any atom is 0.168 e. The quantitative estimate of drug-likeness (QED) is 0.740. The first-order valence-electron chi connectivity index (χ1n) is 7.93. The molecule has 1 aromatic rings. The smallest absolute Gasteiger partial charge is 0.168 e. The van der Waals surface area contributed by atoms with Crippen LogP contribution in [-0.4, -0.2) is 27.0 Å². The van der Waals surface area contributed by atoms with Crippen molar-refractivity contribution < 1.29 is 5.11 Å². The number of rotatable bonds is 3. The summed E-state index contributed by atoms with van der Waals surface area (Å²) in [4.78, 5) is 0. The molecule has 4 N–H and O–H groups in total. The minimum atomic E-state index is -0.433. The summed E-state index contributed by atoms with van der Waals surface area (Å²) in [6, 6.07) is 2.44.